The first-order chi connectivity index (χ1) is 10.0. The van der Waals surface area contributed by atoms with E-state index < -0.39 is 5.91 Å². The fourth-order valence-corrected chi connectivity index (χ4v) is 2.12. The molecule has 3 N–H and O–H groups in total. The molecular weight excluding hydrogens is 268 g/mol. The van der Waals surface area contributed by atoms with Crippen LogP contribution < -0.4 is 11.1 Å². The normalized spacial score (nSPS) is 10.8. The molecule has 6 nitrogen and oxygen atoms in total. The predicted octanol–water partition coefficient (Wildman–Crippen LogP) is 2.67. The number of nitrogen functional groups attached to an aromatic ring is 1. The zero-order chi connectivity index (χ0) is 15.0. The second-order valence-corrected chi connectivity index (χ2v) is 4.84. The molecule has 0 aliphatic rings. The van der Waals surface area contributed by atoms with Crippen LogP contribution in [0.1, 0.15) is 21.9 Å². The lowest BCUT2D eigenvalue weighted by atomic mass is 10.2. The third-order valence-electron chi connectivity index (χ3n) is 2.97. The number of nitrogens with two attached hydrogens (primary N) is 1. The van der Waals surface area contributed by atoms with Crippen molar-refractivity contribution in [2.75, 3.05) is 11.1 Å². The zero-order valence-corrected chi connectivity index (χ0v) is 11.7. The number of nitrogens with one attached hydrogen (secondary N) is 1. The van der Waals surface area contributed by atoms with Crippen LogP contribution in [0.4, 0.5) is 11.6 Å². The quantitative estimate of drug-likeness (QED) is 0.705. The second kappa shape index (κ2) is 4.90. The number of nitrogens with zero attached hydrogens (tertiary/aromatic N) is 2. The Labute approximate surface area is 121 Å². The van der Waals surface area contributed by atoms with Gasteiger partial charge in [-0.2, -0.15) is 0 Å². The Morgan fingerprint density at radius 1 is 1.14 bits per heavy atom. The minimum atomic E-state index is -0.394. The molecule has 1 amide bonds. The molecule has 0 saturated heterocycles. The summed E-state index contributed by atoms with van der Waals surface area (Å²) in [5.74, 6) is 0.0607. The smallest absolute Gasteiger partial charge is 0.293 e. The van der Waals surface area contributed by atoms with E-state index in [-0.39, 0.29) is 11.7 Å². The lowest BCUT2D eigenvalue weighted by Crippen LogP contribution is -2.14. The van der Waals surface area contributed by atoms with Crippen molar-refractivity contribution in [3.05, 3.63) is 47.5 Å². The van der Waals surface area contributed by atoms with Crippen LogP contribution in [0, 0.1) is 13.8 Å². The summed E-state index contributed by atoms with van der Waals surface area (Å²) < 4.78 is 5.49. The monoisotopic (exact) mass is 282 g/mol. The van der Waals surface area contributed by atoms with E-state index >= 15 is 0 Å². The van der Waals surface area contributed by atoms with Gasteiger partial charge in [-0.25, -0.2) is 9.97 Å². The Morgan fingerprint density at radius 3 is 2.57 bits per heavy atom. The van der Waals surface area contributed by atoms with Gasteiger partial charge in [0.25, 0.3) is 5.91 Å². The largest absolute Gasteiger partial charge is 0.451 e. The van der Waals surface area contributed by atoms with E-state index in [9.17, 15) is 4.79 Å². The number of benzene rings is 1. The molecule has 6 heteroatoms. The molecule has 2 heterocycles. The number of carbonyl (C=O) groups excluding carboxylic acids is 1. The molecule has 0 fully saturated rings. The van der Waals surface area contributed by atoms with Gasteiger partial charge in [-0.1, -0.05) is 0 Å². The molecule has 0 atom stereocenters. The van der Waals surface area contributed by atoms with Crippen LogP contribution in [-0.2, 0) is 0 Å². The average molecular weight is 282 g/mol. The fourth-order valence-electron chi connectivity index (χ4n) is 2.12. The van der Waals surface area contributed by atoms with Gasteiger partial charge in [0, 0.05) is 22.5 Å². The number of anilines is 2. The van der Waals surface area contributed by atoms with Crippen molar-refractivity contribution < 1.29 is 9.21 Å². The molecular formula is C15H14N4O2. The van der Waals surface area contributed by atoms with Crippen LogP contribution in [0.3, 0.4) is 0 Å². The minimum Gasteiger partial charge on any atom is -0.451 e. The highest BCUT2D eigenvalue weighted by atomic mass is 16.3. The van der Waals surface area contributed by atoms with E-state index in [0.29, 0.717) is 11.3 Å². The molecule has 106 valence electrons. The van der Waals surface area contributed by atoms with Gasteiger partial charge in [0.2, 0.25) is 5.95 Å². The van der Waals surface area contributed by atoms with E-state index in [2.05, 4.69) is 15.3 Å². The van der Waals surface area contributed by atoms with Crippen molar-refractivity contribution in [3.8, 4) is 0 Å². The van der Waals surface area contributed by atoms with Crippen molar-refractivity contribution in [3.63, 3.8) is 0 Å². The topological polar surface area (TPSA) is 94.0 Å². The second-order valence-electron chi connectivity index (χ2n) is 4.84. The van der Waals surface area contributed by atoms with Gasteiger partial charge < -0.3 is 10.2 Å². The van der Waals surface area contributed by atoms with Crippen molar-refractivity contribution >= 4 is 28.5 Å². The third kappa shape index (κ3) is 2.69. The number of hydrogen-bond donors (Lipinski definition) is 2. The molecule has 0 aliphatic heterocycles. The molecule has 0 spiro atoms. The number of hydrogen-bond acceptors (Lipinski definition) is 5. The molecule has 21 heavy (non-hydrogen) atoms. The number of aromatic nitrogens is 2. The number of furan rings is 1. The van der Waals surface area contributed by atoms with Crippen LogP contribution >= 0.6 is 0 Å². The highest BCUT2D eigenvalue weighted by molar-refractivity contribution is 6.04. The van der Waals surface area contributed by atoms with Gasteiger partial charge >= 0.3 is 0 Å². The molecule has 0 unspecified atom stereocenters. The number of fused-ring (bicyclic) bond motifs is 1. The number of amides is 1. The third-order valence-corrected chi connectivity index (χ3v) is 2.97. The minimum absolute atomic E-state index is 0.193. The van der Waals surface area contributed by atoms with Gasteiger partial charge in [0.05, 0.1) is 0 Å². The van der Waals surface area contributed by atoms with Crippen LogP contribution in [0.5, 0.6) is 0 Å². The Morgan fingerprint density at radius 2 is 1.86 bits per heavy atom. The Balaban J connectivity index is 1.89. The SMILES string of the molecule is Cc1cc(C)nc(NC(=O)c2cc3cc(N)ccc3o2)n1. The van der Waals surface area contributed by atoms with Gasteiger partial charge in [0.15, 0.2) is 5.76 Å². The van der Waals surface area contributed by atoms with Crippen LogP contribution in [0.25, 0.3) is 11.0 Å². The summed E-state index contributed by atoms with van der Waals surface area (Å²) in [6.07, 6.45) is 0. The van der Waals surface area contributed by atoms with Crippen LogP contribution in [0.15, 0.2) is 34.7 Å². The number of rotatable bonds is 2. The predicted molar refractivity (Wildman–Crippen MR) is 80.1 cm³/mol. The lowest BCUT2D eigenvalue weighted by Gasteiger charge is -2.03. The van der Waals surface area contributed by atoms with Crippen molar-refractivity contribution in [1.29, 1.82) is 0 Å². The highest BCUT2D eigenvalue weighted by Gasteiger charge is 2.14. The summed E-state index contributed by atoms with van der Waals surface area (Å²) in [7, 11) is 0. The maximum Gasteiger partial charge on any atom is 0.293 e. The van der Waals surface area contributed by atoms with E-state index in [1.54, 1.807) is 24.3 Å². The Hall–Kier alpha value is -2.89. The number of carbonyl (C=O) groups is 1. The van der Waals surface area contributed by atoms with Crippen LogP contribution in [-0.4, -0.2) is 15.9 Å². The molecule has 0 aliphatic carbocycles. The molecule has 2 aromatic heterocycles. The van der Waals surface area contributed by atoms with Crippen molar-refractivity contribution in [2.45, 2.75) is 13.8 Å². The average Bonchev–Trinajstić information content (AvgIpc) is 2.80. The maximum atomic E-state index is 12.2. The summed E-state index contributed by atoms with van der Waals surface area (Å²) in [4.78, 5) is 20.5. The first-order valence-electron chi connectivity index (χ1n) is 6.44. The molecule has 0 bridgehead atoms. The van der Waals surface area contributed by atoms with E-state index in [1.165, 1.54) is 0 Å². The van der Waals surface area contributed by atoms with Gasteiger partial charge in [-0.05, 0) is 44.2 Å². The first-order valence-corrected chi connectivity index (χ1v) is 6.44. The molecule has 0 radical (unpaired) electrons. The van der Waals surface area contributed by atoms with E-state index in [4.69, 9.17) is 10.2 Å². The summed E-state index contributed by atoms with van der Waals surface area (Å²) in [6.45, 7) is 3.68. The molecule has 0 saturated carbocycles. The van der Waals surface area contributed by atoms with Gasteiger partial charge in [0.1, 0.15) is 5.58 Å². The Kier molecular flexibility index (Phi) is 3.06. The van der Waals surface area contributed by atoms with Crippen molar-refractivity contribution in [1.82, 2.24) is 9.97 Å². The van der Waals surface area contributed by atoms with E-state index in [0.717, 1.165) is 16.8 Å². The van der Waals surface area contributed by atoms with Crippen molar-refractivity contribution in [2.24, 2.45) is 0 Å². The standard InChI is InChI=1S/C15H14N4O2/c1-8-5-9(2)18-15(17-8)19-14(20)13-7-10-6-11(16)3-4-12(10)21-13/h3-7H,16H2,1-2H3,(H,17,18,19,20). The van der Waals surface area contributed by atoms with Gasteiger partial charge in [-0.15, -0.1) is 0 Å². The van der Waals surface area contributed by atoms with Crippen LogP contribution in [0.2, 0.25) is 0 Å². The zero-order valence-electron chi connectivity index (χ0n) is 11.7. The summed E-state index contributed by atoms with van der Waals surface area (Å²) in [6, 6.07) is 8.68. The molecule has 3 rings (SSSR count). The van der Waals surface area contributed by atoms with E-state index in [1.807, 2.05) is 19.9 Å². The van der Waals surface area contributed by atoms with Gasteiger partial charge in [-0.3, -0.25) is 10.1 Å². The maximum absolute atomic E-state index is 12.2. The first kappa shape index (κ1) is 13.1. The summed E-state index contributed by atoms with van der Waals surface area (Å²) >= 11 is 0. The molecule has 1 aromatic carbocycles. The Bertz CT molecular complexity index is 819. The highest BCUT2D eigenvalue weighted by Crippen LogP contribution is 2.22. The summed E-state index contributed by atoms with van der Waals surface area (Å²) in [5.41, 5.74) is 8.50. The number of aryl methyl sites for hydroxylation is 2. The fraction of sp³-hybridized carbons (Fsp3) is 0.133. The summed E-state index contributed by atoms with van der Waals surface area (Å²) in [5, 5.41) is 3.41. The molecule has 3 aromatic rings. The lowest BCUT2D eigenvalue weighted by molar-refractivity contribution is 0.0998.